The summed E-state index contributed by atoms with van der Waals surface area (Å²) in [6, 6.07) is 50.0. The first-order chi connectivity index (χ1) is 24.7. The van der Waals surface area contributed by atoms with Gasteiger partial charge in [-0.3, -0.25) is 0 Å². The van der Waals surface area contributed by atoms with Crippen molar-refractivity contribution in [3.8, 4) is 22.6 Å². The van der Waals surface area contributed by atoms with Gasteiger partial charge in [0.15, 0.2) is 0 Å². The Bertz CT molecular complexity index is 2680. The van der Waals surface area contributed by atoms with E-state index >= 15 is 0 Å². The van der Waals surface area contributed by atoms with Gasteiger partial charge in [-0.05, 0) is 95.4 Å². The van der Waals surface area contributed by atoms with Crippen LogP contribution in [0.25, 0.3) is 21.9 Å². The number of hydrogen-bond acceptors (Lipinski definition) is 3. The average molecular weight is 677 g/mol. The molecule has 7 aromatic rings. The Morgan fingerprint density at radius 1 is 0.608 bits per heavy atom. The van der Waals surface area contributed by atoms with Crippen molar-refractivity contribution < 1.29 is 4.74 Å². The van der Waals surface area contributed by atoms with Crippen molar-refractivity contribution in [2.75, 3.05) is 22.2 Å². The molecule has 0 spiro atoms. The number of hydrogen-bond donors (Lipinski definition) is 0. The number of anilines is 5. The van der Waals surface area contributed by atoms with Crippen LogP contribution in [0.5, 0.6) is 11.5 Å². The molecule has 4 aliphatic heterocycles. The van der Waals surface area contributed by atoms with Gasteiger partial charge >= 0.3 is 6.85 Å². The molecule has 0 atom stereocenters. The lowest BCUT2D eigenvalue weighted by atomic mass is 9.43. The second kappa shape index (κ2) is 9.89. The molecule has 0 aliphatic carbocycles. The Morgan fingerprint density at radius 3 is 2.20 bits per heavy atom. The lowest BCUT2D eigenvalue weighted by molar-refractivity contribution is 0.418. The minimum atomic E-state index is -1.30. The quantitative estimate of drug-likeness (QED) is 0.161. The van der Waals surface area contributed by atoms with Crippen LogP contribution in [0.3, 0.4) is 0 Å². The molecule has 3 nitrogen and oxygen atoms in total. The van der Waals surface area contributed by atoms with Crippen LogP contribution in [0.4, 0.5) is 28.4 Å². The van der Waals surface area contributed by atoms with Crippen molar-refractivity contribution in [1.82, 2.24) is 0 Å². The highest BCUT2D eigenvalue weighted by Gasteiger charge is 2.50. The molecule has 0 N–H and O–H groups in total. The smallest absolute Gasteiger partial charge is 0.333 e. The molecule has 246 valence electrons. The van der Waals surface area contributed by atoms with Crippen molar-refractivity contribution in [1.29, 1.82) is 0 Å². The molecule has 0 radical (unpaired) electrons. The van der Waals surface area contributed by atoms with Crippen LogP contribution < -0.4 is 25.4 Å². The summed E-state index contributed by atoms with van der Waals surface area (Å²) >= 11 is 0. The number of aryl methyl sites for hydroxylation is 1. The maximum Gasteiger partial charge on any atom is 0.333 e. The Hall–Kier alpha value is -5.39. The zero-order chi connectivity index (χ0) is 34.4. The number of para-hydroxylation sites is 4. The van der Waals surface area contributed by atoms with Gasteiger partial charge in [-0.1, -0.05) is 98.8 Å². The highest BCUT2D eigenvalue weighted by atomic mass is 32.3. The van der Waals surface area contributed by atoms with Crippen LogP contribution in [-0.4, -0.2) is 19.4 Å². The first-order valence-electron chi connectivity index (χ1n) is 17.9. The van der Waals surface area contributed by atoms with E-state index < -0.39 is 10.0 Å². The fourth-order valence-electron chi connectivity index (χ4n) is 9.60. The molecule has 0 amide bonds. The van der Waals surface area contributed by atoms with Crippen LogP contribution in [0.2, 0.25) is 0 Å². The number of fused-ring (bicyclic) bond motifs is 10. The molecule has 0 bridgehead atoms. The van der Waals surface area contributed by atoms with Gasteiger partial charge in [-0.2, -0.15) is 10.0 Å². The van der Waals surface area contributed by atoms with Gasteiger partial charge < -0.3 is 14.4 Å². The summed E-state index contributed by atoms with van der Waals surface area (Å²) in [5.74, 6) is 1.88. The predicted octanol–water partition coefficient (Wildman–Crippen LogP) is 11.1. The topological polar surface area (TPSA) is 15.7 Å². The highest BCUT2D eigenvalue weighted by molar-refractivity contribution is 8.33. The van der Waals surface area contributed by atoms with E-state index in [1.165, 1.54) is 87.7 Å². The second-order valence-electron chi connectivity index (χ2n) is 15.4. The summed E-state index contributed by atoms with van der Waals surface area (Å²) in [5, 5.41) is 2.53. The molecular formula is C46H37BN2OS. The molecule has 4 heterocycles. The van der Waals surface area contributed by atoms with Crippen molar-refractivity contribution in [2.24, 2.45) is 0 Å². The summed E-state index contributed by atoms with van der Waals surface area (Å²) in [6.07, 6.45) is 4.95. The van der Waals surface area contributed by atoms with Gasteiger partial charge in [0.2, 0.25) is 0 Å². The molecule has 0 saturated carbocycles. The minimum absolute atomic E-state index is 0.0298. The number of nitrogens with zero attached hydrogens (tertiary/aromatic N) is 2. The van der Waals surface area contributed by atoms with E-state index in [-0.39, 0.29) is 12.3 Å². The van der Waals surface area contributed by atoms with Gasteiger partial charge in [-0.15, -0.1) is 0 Å². The third-order valence-electron chi connectivity index (χ3n) is 12.0. The second-order valence-corrected chi connectivity index (χ2v) is 18.9. The molecule has 11 rings (SSSR count). The zero-order valence-corrected chi connectivity index (χ0v) is 30.3. The molecule has 0 unspecified atom stereocenters. The molecule has 5 heteroatoms. The fraction of sp³-hybridized carbons (Fsp3) is 0.130. The van der Waals surface area contributed by atoms with Gasteiger partial charge in [0.05, 0.1) is 17.1 Å². The maximum atomic E-state index is 6.81. The van der Waals surface area contributed by atoms with Gasteiger partial charge in [0.25, 0.3) is 0 Å². The van der Waals surface area contributed by atoms with Gasteiger partial charge in [0, 0.05) is 48.7 Å². The van der Waals surface area contributed by atoms with E-state index in [2.05, 4.69) is 176 Å². The molecule has 0 saturated heterocycles. The van der Waals surface area contributed by atoms with Crippen molar-refractivity contribution in [3.63, 3.8) is 0 Å². The average Bonchev–Trinajstić information content (AvgIpc) is 3.14. The first-order valence-corrected chi connectivity index (χ1v) is 20.3. The summed E-state index contributed by atoms with van der Waals surface area (Å²) in [6.45, 7) is 6.91. The standard InChI is InChI=1S/C46H37BN2OS/c1-28-15-6-10-20-36(28)49-38-27-34-40(50-39-22-12-9-18-33(39)46(34,2)3)26-31(38)32-25-29-16-7-8-17-30(29)44-43(32)47(49)35-19-14-24-42-45(35)48(44)37-21-11-13-23-41(37)51(42,4)5/h6-27H,1-5H3. The SMILES string of the molecule is Cc1ccccc1N1B2c3cccc4c3N(c3ccccc3S4(C)C)c3c2c(cc2ccccc32)-c2cc3c(cc21)C(C)(C)c1ccccc1O3. The van der Waals surface area contributed by atoms with Crippen molar-refractivity contribution in [3.05, 3.63) is 150 Å². The normalized spacial score (nSPS) is 16.9. The molecule has 7 aromatic carbocycles. The minimum Gasteiger partial charge on any atom is -0.457 e. The lowest BCUT2D eigenvalue weighted by Gasteiger charge is -2.52. The number of benzene rings is 7. The van der Waals surface area contributed by atoms with E-state index in [4.69, 9.17) is 4.74 Å². The molecular weight excluding hydrogens is 639 g/mol. The monoisotopic (exact) mass is 676 g/mol. The third kappa shape index (κ3) is 3.67. The Kier molecular flexibility index (Phi) is 5.70. The maximum absolute atomic E-state index is 6.81. The van der Waals surface area contributed by atoms with E-state index in [0.717, 1.165) is 11.5 Å². The van der Waals surface area contributed by atoms with Gasteiger partial charge in [0.1, 0.15) is 11.5 Å². The molecule has 51 heavy (non-hydrogen) atoms. The van der Waals surface area contributed by atoms with Crippen LogP contribution in [0.15, 0.2) is 143 Å². The molecule has 0 aromatic heterocycles. The summed E-state index contributed by atoms with van der Waals surface area (Å²) in [4.78, 5) is 8.18. The Morgan fingerprint density at radius 2 is 1.33 bits per heavy atom. The van der Waals surface area contributed by atoms with E-state index in [1.807, 2.05) is 0 Å². The number of rotatable bonds is 1. The predicted molar refractivity (Wildman–Crippen MR) is 217 cm³/mol. The molecule has 0 fully saturated rings. The van der Waals surface area contributed by atoms with Crippen LogP contribution in [0, 0.1) is 6.92 Å². The third-order valence-corrected chi connectivity index (χ3v) is 14.9. The summed E-state index contributed by atoms with van der Waals surface area (Å²) < 4.78 is 6.81. The van der Waals surface area contributed by atoms with E-state index in [9.17, 15) is 0 Å². The van der Waals surface area contributed by atoms with Crippen LogP contribution in [0.1, 0.15) is 30.5 Å². The van der Waals surface area contributed by atoms with Gasteiger partial charge in [-0.25, -0.2) is 0 Å². The first kappa shape index (κ1) is 29.4. The number of ether oxygens (including phenoxy) is 1. The fourth-order valence-corrected chi connectivity index (χ4v) is 12.0. The summed E-state index contributed by atoms with van der Waals surface area (Å²) in [7, 11) is -1.30. The van der Waals surface area contributed by atoms with Crippen molar-refractivity contribution in [2.45, 2.75) is 36.0 Å². The largest absolute Gasteiger partial charge is 0.457 e. The highest BCUT2D eigenvalue weighted by Crippen LogP contribution is 2.68. The molecule has 4 aliphatic rings. The van der Waals surface area contributed by atoms with Crippen molar-refractivity contribution >= 4 is 67.0 Å². The Labute approximate surface area is 301 Å². The van der Waals surface area contributed by atoms with Crippen LogP contribution >= 0.6 is 10.0 Å². The zero-order valence-electron chi connectivity index (χ0n) is 29.5. The van der Waals surface area contributed by atoms with Crippen LogP contribution in [-0.2, 0) is 5.41 Å². The van der Waals surface area contributed by atoms with E-state index in [0.29, 0.717) is 0 Å². The van der Waals surface area contributed by atoms with E-state index in [1.54, 1.807) is 0 Å². The summed E-state index contributed by atoms with van der Waals surface area (Å²) in [5.41, 5.74) is 15.1. The Balaban J connectivity index is 1.32. The lowest BCUT2D eigenvalue weighted by Crippen LogP contribution is -2.62.